The number of benzene rings is 1. The van der Waals surface area contributed by atoms with Crippen molar-refractivity contribution in [2.24, 2.45) is 5.73 Å². The number of hydrogen-bond donors (Lipinski definition) is 2. The minimum atomic E-state index is -0.530. The first kappa shape index (κ1) is 15.7. The van der Waals surface area contributed by atoms with Crippen LogP contribution >= 0.6 is 15.9 Å². The van der Waals surface area contributed by atoms with E-state index in [0.29, 0.717) is 6.54 Å². The molecule has 0 fully saturated rings. The van der Waals surface area contributed by atoms with Gasteiger partial charge in [-0.15, -0.1) is 0 Å². The van der Waals surface area contributed by atoms with Crippen LogP contribution < -0.4 is 11.1 Å². The summed E-state index contributed by atoms with van der Waals surface area (Å²) in [5, 5.41) is 7.67. The maximum atomic E-state index is 11.2. The Labute approximate surface area is 132 Å². The molecule has 1 heterocycles. The van der Waals surface area contributed by atoms with Crippen LogP contribution in [-0.2, 0) is 6.54 Å². The fourth-order valence-electron chi connectivity index (χ4n) is 1.85. The largest absolute Gasteiger partial charge is 0.364 e. The highest BCUT2D eigenvalue weighted by atomic mass is 79.9. The molecule has 1 amide bonds. The van der Waals surface area contributed by atoms with Gasteiger partial charge in [-0.1, -0.05) is 22.0 Å². The van der Waals surface area contributed by atoms with Crippen molar-refractivity contribution in [3.05, 3.63) is 46.2 Å². The fraction of sp³-hybridized carbons (Fsp3) is 0.333. The first-order chi connectivity index (χ1) is 9.76. The smallest absolute Gasteiger partial charge is 0.269 e. The molecule has 0 saturated carbocycles. The molecule has 3 N–H and O–H groups in total. The van der Waals surface area contributed by atoms with Crippen LogP contribution in [0.25, 0.3) is 5.69 Å². The van der Waals surface area contributed by atoms with Gasteiger partial charge >= 0.3 is 0 Å². The van der Waals surface area contributed by atoms with Crippen LogP contribution in [0.15, 0.2) is 34.9 Å². The number of aromatic nitrogens is 2. The topological polar surface area (TPSA) is 72.9 Å². The number of rotatable bonds is 4. The second-order valence-corrected chi connectivity index (χ2v) is 6.80. The molecule has 0 unspecified atom stereocenters. The summed E-state index contributed by atoms with van der Waals surface area (Å²) in [5.41, 5.74) is 7.53. The molecule has 2 aromatic rings. The number of halogens is 1. The van der Waals surface area contributed by atoms with E-state index in [1.165, 1.54) is 0 Å². The number of carbonyl (C=O) groups excluding carboxylic acids is 1. The van der Waals surface area contributed by atoms with Gasteiger partial charge in [0.05, 0.1) is 5.69 Å². The van der Waals surface area contributed by atoms with Gasteiger partial charge < -0.3 is 11.1 Å². The Bertz CT molecular complexity index is 658. The lowest BCUT2D eigenvalue weighted by molar-refractivity contribution is 0.0995. The molecule has 21 heavy (non-hydrogen) atoms. The van der Waals surface area contributed by atoms with E-state index >= 15 is 0 Å². The van der Waals surface area contributed by atoms with E-state index in [1.807, 2.05) is 18.2 Å². The Balaban J connectivity index is 2.36. The van der Waals surface area contributed by atoms with Crippen molar-refractivity contribution in [1.29, 1.82) is 0 Å². The lowest BCUT2D eigenvalue weighted by atomic mass is 10.1. The van der Waals surface area contributed by atoms with Crippen molar-refractivity contribution >= 4 is 21.8 Å². The van der Waals surface area contributed by atoms with Crippen LogP contribution in [0.3, 0.4) is 0 Å². The fourth-order valence-corrected chi connectivity index (χ4v) is 2.20. The molecular formula is C15H19BrN4O. The van der Waals surface area contributed by atoms with Crippen molar-refractivity contribution in [2.45, 2.75) is 32.9 Å². The molecule has 112 valence electrons. The van der Waals surface area contributed by atoms with E-state index in [2.05, 4.69) is 47.1 Å². The third-order valence-corrected chi connectivity index (χ3v) is 3.44. The Morgan fingerprint density at radius 2 is 2.10 bits per heavy atom. The number of amides is 1. The average Bonchev–Trinajstić information content (AvgIpc) is 2.85. The predicted octanol–water partition coefficient (Wildman–Crippen LogP) is 2.62. The van der Waals surface area contributed by atoms with Gasteiger partial charge in [0, 0.05) is 22.8 Å². The highest BCUT2D eigenvalue weighted by Gasteiger charge is 2.13. The summed E-state index contributed by atoms with van der Waals surface area (Å²) >= 11 is 3.47. The quantitative estimate of drug-likeness (QED) is 0.889. The molecule has 0 radical (unpaired) electrons. The number of primary amides is 1. The molecule has 0 spiro atoms. The molecule has 0 bridgehead atoms. The summed E-state index contributed by atoms with van der Waals surface area (Å²) in [6.45, 7) is 7.05. The summed E-state index contributed by atoms with van der Waals surface area (Å²) in [7, 11) is 0. The third-order valence-electron chi connectivity index (χ3n) is 2.94. The third kappa shape index (κ3) is 4.15. The maximum Gasteiger partial charge on any atom is 0.269 e. The Morgan fingerprint density at radius 1 is 1.38 bits per heavy atom. The molecule has 1 aromatic carbocycles. The predicted molar refractivity (Wildman–Crippen MR) is 86.4 cm³/mol. The van der Waals surface area contributed by atoms with Gasteiger partial charge in [-0.3, -0.25) is 4.79 Å². The van der Waals surface area contributed by atoms with E-state index in [9.17, 15) is 4.79 Å². The molecule has 0 aliphatic carbocycles. The first-order valence-electron chi connectivity index (χ1n) is 6.65. The molecule has 0 aliphatic heterocycles. The highest BCUT2D eigenvalue weighted by molar-refractivity contribution is 9.10. The van der Waals surface area contributed by atoms with Gasteiger partial charge in [0.2, 0.25) is 0 Å². The zero-order valence-corrected chi connectivity index (χ0v) is 13.9. The van der Waals surface area contributed by atoms with Gasteiger partial charge in [0.1, 0.15) is 5.69 Å². The monoisotopic (exact) mass is 350 g/mol. The molecule has 2 rings (SSSR count). The van der Waals surface area contributed by atoms with Crippen molar-refractivity contribution in [1.82, 2.24) is 15.1 Å². The van der Waals surface area contributed by atoms with Gasteiger partial charge in [0.15, 0.2) is 0 Å². The van der Waals surface area contributed by atoms with Gasteiger partial charge in [-0.05, 0) is 44.5 Å². The average molecular weight is 351 g/mol. The lowest BCUT2D eigenvalue weighted by Crippen LogP contribution is -2.35. The lowest BCUT2D eigenvalue weighted by Gasteiger charge is -2.21. The van der Waals surface area contributed by atoms with Crippen LogP contribution in [-0.4, -0.2) is 21.2 Å². The Kier molecular flexibility index (Phi) is 4.49. The zero-order valence-electron chi connectivity index (χ0n) is 12.4. The minimum absolute atomic E-state index is 0.0207. The molecule has 6 heteroatoms. The molecule has 0 atom stereocenters. The van der Waals surface area contributed by atoms with Crippen LogP contribution in [0, 0.1) is 0 Å². The van der Waals surface area contributed by atoms with Crippen molar-refractivity contribution in [3.63, 3.8) is 0 Å². The molecule has 0 saturated heterocycles. The molecule has 1 aromatic heterocycles. The number of nitrogens with two attached hydrogens (primary N) is 1. The summed E-state index contributed by atoms with van der Waals surface area (Å²) < 4.78 is 2.62. The molecule has 0 aliphatic rings. The second kappa shape index (κ2) is 5.99. The van der Waals surface area contributed by atoms with Crippen LogP contribution in [0.4, 0.5) is 0 Å². The highest BCUT2D eigenvalue weighted by Crippen LogP contribution is 2.21. The summed E-state index contributed by atoms with van der Waals surface area (Å²) in [4.78, 5) is 11.2. The Hall–Kier alpha value is -1.66. The van der Waals surface area contributed by atoms with Crippen LogP contribution in [0.1, 0.15) is 36.8 Å². The van der Waals surface area contributed by atoms with Gasteiger partial charge in [-0.2, -0.15) is 5.10 Å². The van der Waals surface area contributed by atoms with Crippen LogP contribution in [0.2, 0.25) is 0 Å². The standard InChI is InChI=1S/C15H19BrN4O/c1-15(2,3)18-9-10-4-5-11(16)8-13(10)20-7-6-12(19-20)14(17)21/h4-8,18H,9H2,1-3H3,(H2,17,21). The minimum Gasteiger partial charge on any atom is -0.364 e. The second-order valence-electron chi connectivity index (χ2n) is 5.89. The number of carbonyl (C=O) groups is 1. The van der Waals surface area contributed by atoms with E-state index in [-0.39, 0.29) is 11.2 Å². The van der Waals surface area contributed by atoms with Crippen molar-refractivity contribution in [2.75, 3.05) is 0 Å². The summed E-state index contributed by atoms with van der Waals surface area (Å²) in [6, 6.07) is 7.60. The first-order valence-corrected chi connectivity index (χ1v) is 7.45. The van der Waals surface area contributed by atoms with E-state index < -0.39 is 5.91 Å². The summed E-state index contributed by atoms with van der Waals surface area (Å²) in [5.74, 6) is -0.530. The molecule has 5 nitrogen and oxygen atoms in total. The zero-order chi connectivity index (χ0) is 15.6. The Morgan fingerprint density at radius 3 is 2.67 bits per heavy atom. The van der Waals surface area contributed by atoms with Crippen LogP contribution in [0.5, 0.6) is 0 Å². The number of hydrogen-bond acceptors (Lipinski definition) is 3. The molecular weight excluding hydrogens is 332 g/mol. The van der Waals surface area contributed by atoms with E-state index in [4.69, 9.17) is 5.73 Å². The SMILES string of the molecule is CC(C)(C)NCc1ccc(Br)cc1-n1ccc(C(N)=O)n1. The van der Waals surface area contributed by atoms with Gasteiger partial charge in [-0.25, -0.2) is 4.68 Å². The van der Waals surface area contributed by atoms with E-state index in [1.54, 1.807) is 16.9 Å². The van der Waals surface area contributed by atoms with Crippen molar-refractivity contribution in [3.8, 4) is 5.69 Å². The number of nitrogens with zero attached hydrogens (tertiary/aromatic N) is 2. The van der Waals surface area contributed by atoms with E-state index in [0.717, 1.165) is 15.7 Å². The van der Waals surface area contributed by atoms with Crippen molar-refractivity contribution < 1.29 is 4.79 Å². The normalized spacial score (nSPS) is 11.6. The number of nitrogens with one attached hydrogen (secondary N) is 1. The summed E-state index contributed by atoms with van der Waals surface area (Å²) in [6.07, 6.45) is 1.74. The van der Waals surface area contributed by atoms with Gasteiger partial charge in [0.25, 0.3) is 5.91 Å². The maximum absolute atomic E-state index is 11.2.